The highest BCUT2D eigenvalue weighted by molar-refractivity contribution is 7.89. The van der Waals surface area contributed by atoms with Gasteiger partial charge in [0.05, 0.1) is 6.61 Å². The van der Waals surface area contributed by atoms with E-state index in [1.165, 1.54) is 18.5 Å². The highest BCUT2D eigenvalue weighted by atomic mass is 32.2. The van der Waals surface area contributed by atoms with Gasteiger partial charge in [0.15, 0.2) is 0 Å². The molecule has 0 fully saturated rings. The average Bonchev–Trinajstić information content (AvgIpc) is 2.44. The Balaban J connectivity index is 2.73. The third-order valence-corrected chi connectivity index (χ3v) is 3.64. The van der Waals surface area contributed by atoms with Crippen LogP contribution in [0.2, 0.25) is 0 Å². The van der Waals surface area contributed by atoms with E-state index in [4.69, 9.17) is 10.8 Å². The molecule has 2 amide bonds. The summed E-state index contributed by atoms with van der Waals surface area (Å²) in [7, 11) is -3.73. The second-order valence-electron chi connectivity index (χ2n) is 3.87. The number of hydrogen-bond donors (Lipinski definition) is 4. The highest BCUT2D eigenvalue weighted by Crippen LogP contribution is 2.08. The molecule has 114 valence electrons. The topological polar surface area (TPSA) is 134 Å². The molecule has 0 bridgehead atoms. The van der Waals surface area contributed by atoms with Crippen molar-refractivity contribution >= 4 is 16.1 Å². The first-order valence-corrected chi connectivity index (χ1v) is 7.52. The van der Waals surface area contributed by atoms with Crippen molar-refractivity contribution in [2.75, 3.05) is 19.7 Å². The molecular weight excluding hydrogens is 296 g/mol. The van der Waals surface area contributed by atoms with Gasteiger partial charge in [0.25, 0.3) is 0 Å². The fraction of sp³-hybridized carbons (Fsp3) is 0.333. The largest absolute Gasteiger partial charge is 0.395 e. The monoisotopic (exact) mass is 312 g/mol. The number of urea groups is 1. The van der Waals surface area contributed by atoms with Crippen molar-refractivity contribution in [3.8, 4) is 11.8 Å². The fourth-order valence-corrected chi connectivity index (χ4v) is 2.33. The number of nitrogens with zero attached hydrogens (tertiary/aromatic N) is 1. The summed E-state index contributed by atoms with van der Waals surface area (Å²) in [5.74, 6) is 5.38. The van der Waals surface area contributed by atoms with Crippen molar-refractivity contribution in [3.05, 3.63) is 24.0 Å². The molecule has 0 atom stereocenters. The van der Waals surface area contributed by atoms with E-state index >= 15 is 0 Å². The van der Waals surface area contributed by atoms with Crippen LogP contribution in [-0.2, 0) is 10.0 Å². The maximum Gasteiger partial charge on any atom is 0.312 e. The van der Waals surface area contributed by atoms with Gasteiger partial charge in [0, 0.05) is 37.5 Å². The van der Waals surface area contributed by atoms with Crippen LogP contribution in [0.5, 0.6) is 0 Å². The first-order chi connectivity index (χ1) is 9.95. The zero-order chi connectivity index (χ0) is 15.7. The Bertz CT molecular complexity index is 649. The number of pyridine rings is 1. The number of nitrogens with two attached hydrogens (primary N) is 1. The molecule has 21 heavy (non-hydrogen) atoms. The molecule has 1 heterocycles. The van der Waals surface area contributed by atoms with Crippen LogP contribution < -0.4 is 15.8 Å². The Kier molecular flexibility index (Phi) is 6.61. The number of aliphatic hydroxyl groups is 1. The summed E-state index contributed by atoms with van der Waals surface area (Å²) < 4.78 is 26.3. The zero-order valence-electron chi connectivity index (χ0n) is 11.2. The number of carbonyl (C=O) groups excluding carboxylic acids is 1. The summed E-state index contributed by atoms with van der Waals surface area (Å²) in [6.07, 6.45) is 2.92. The van der Waals surface area contributed by atoms with Crippen LogP contribution in [0.3, 0.4) is 0 Å². The van der Waals surface area contributed by atoms with Crippen molar-refractivity contribution in [1.82, 2.24) is 15.0 Å². The SMILES string of the molecule is NC(=O)NCCNS(=O)(=O)c1cncc(C#CCCO)c1. The number of carbonyl (C=O) groups is 1. The number of primary amides is 1. The molecule has 5 N–H and O–H groups in total. The van der Waals surface area contributed by atoms with Crippen LogP contribution in [0.4, 0.5) is 4.79 Å². The van der Waals surface area contributed by atoms with Gasteiger partial charge < -0.3 is 16.2 Å². The Labute approximate surface area is 122 Å². The van der Waals surface area contributed by atoms with Crippen LogP contribution in [0.25, 0.3) is 0 Å². The number of aliphatic hydroxyl groups excluding tert-OH is 1. The molecule has 0 saturated carbocycles. The van der Waals surface area contributed by atoms with Crippen molar-refractivity contribution in [3.63, 3.8) is 0 Å². The Morgan fingerprint density at radius 2 is 2.14 bits per heavy atom. The number of nitrogens with one attached hydrogen (secondary N) is 2. The number of hydrogen-bond acceptors (Lipinski definition) is 5. The number of amides is 2. The standard InChI is InChI=1S/C12H16N4O4S/c13-12(18)15-4-5-16-21(19,20)11-7-10(8-14-9-11)3-1-2-6-17/h7-9,16-17H,2,4-6H2,(H3,13,15,18). The molecule has 0 spiro atoms. The summed E-state index contributed by atoms with van der Waals surface area (Å²) in [5, 5.41) is 10.9. The average molecular weight is 312 g/mol. The molecule has 1 rings (SSSR count). The van der Waals surface area contributed by atoms with Crippen LogP contribution >= 0.6 is 0 Å². The molecule has 0 aromatic carbocycles. The van der Waals surface area contributed by atoms with E-state index in [1.807, 2.05) is 0 Å². The molecule has 0 aliphatic rings. The summed E-state index contributed by atoms with van der Waals surface area (Å²) in [5.41, 5.74) is 5.29. The first-order valence-electron chi connectivity index (χ1n) is 6.03. The van der Waals surface area contributed by atoms with E-state index in [1.54, 1.807) is 0 Å². The minimum atomic E-state index is -3.73. The Morgan fingerprint density at radius 3 is 2.81 bits per heavy atom. The molecule has 0 saturated heterocycles. The molecule has 1 aromatic heterocycles. The minimum absolute atomic E-state index is 0.00565. The lowest BCUT2D eigenvalue weighted by Crippen LogP contribution is -2.37. The van der Waals surface area contributed by atoms with Gasteiger partial charge in [-0.1, -0.05) is 11.8 Å². The predicted octanol–water partition coefficient (Wildman–Crippen LogP) is -1.24. The third kappa shape index (κ3) is 6.22. The van der Waals surface area contributed by atoms with Gasteiger partial charge in [-0.15, -0.1) is 0 Å². The summed E-state index contributed by atoms with van der Waals surface area (Å²) in [6, 6.07) is 0.651. The van der Waals surface area contributed by atoms with Crippen molar-refractivity contribution in [2.24, 2.45) is 5.73 Å². The van der Waals surface area contributed by atoms with Crippen molar-refractivity contribution in [1.29, 1.82) is 0 Å². The lowest BCUT2D eigenvalue weighted by atomic mass is 10.3. The van der Waals surface area contributed by atoms with Gasteiger partial charge in [-0.2, -0.15) is 0 Å². The van der Waals surface area contributed by atoms with Gasteiger partial charge in [-0.25, -0.2) is 17.9 Å². The molecule has 8 nitrogen and oxygen atoms in total. The quantitative estimate of drug-likeness (QED) is 0.385. The maximum absolute atomic E-state index is 12.0. The predicted molar refractivity (Wildman–Crippen MR) is 75.6 cm³/mol. The number of aromatic nitrogens is 1. The molecular formula is C12H16N4O4S. The molecule has 9 heteroatoms. The summed E-state index contributed by atoms with van der Waals surface area (Å²) in [4.78, 5) is 14.2. The van der Waals surface area contributed by atoms with Crippen LogP contribution in [0, 0.1) is 11.8 Å². The molecule has 0 aliphatic carbocycles. The lowest BCUT2D eigenvalue weighted by molar-refractivity contribution is 0.249. The minimum Gasteiger partial charge on any atom is -0.395 e. The highest BCUT2D eigenvalue weighted by Gasteiger charge is 2.14. The van der Waals surface area contributed by atoms with E-state index in [0.29, 0.717) is 12.0 Å². The van der Waals surface area contributed by atoms with Gasteiger partial charge in [0.2, 0.25) is 10.0 Å². The summed E-state index contributed by atoms with van der Waals surface area (Å²) >= 11 is 0. The van der Waals surface area contributed by atoms with Crippen molar-refractivity contribution in [2.45, 2.75) is 11.3 Å². The smallest absolute Gasteiger partial charge is 0.312 e. The number of rotatable bonds is 6. The van der Waals surface area contributed by atoms with E-state index in [0.717, 1.165) is 0 Å². The molecule has 0 unspecified atom stereocenters. The van der Waals surface area contributed by atoms with Gasteiger partial charge in [-0.05, 0) is 6.07 Å². The number of sulfonamides is 1. The second kappa shape index (κ2) is 8.21. The van der Waals surface area contributed by atoms with E-state index < -0.39 is 16.1 Å². The maximum atomic E-state index is 12.0. The molecule has 0 radical (unpaired) electrons. The normalized spacial score (nSPS) is 10.5. The van der Waals surface area contributed by atoms with E-state index in [-0.39, 0.29) is 24.6 Å². The Hall–Kier alpha value is -2.15. The first kappa shape index (κ1) is 16.9. The van der Waals surface area contributed by atoms with E-state index in [2.05, 4.69) is 26.9 Å². The molecule has 1 aromatic rings. The fourth-order valence-electron chi connectivity index (χ4n) is 1.31. The van der Waals surface area contributed by atoms with E-state index in [9.17, 15) is 13.2 Å². The van der Waals surface area contributed by atoms with Gasteiger partial charge in [-0.3, -0.25) is 4.98 Å². The van der Waals surface area contributed by atoms with Crippen LogP contribution in [-0.4, -0.2) is 44.2 Å². The Morgan fingerprint density at radius 1 is 1.38 bits per heavy atom. The molecule has 0 aliphatic heterocycles. The lowest BCUT2D eigenvalue weighted by Gasteiger charge is -2.06. The van der Waals surface area contributed by atoms with Gasteiger partial charge >= 0.3 is 6.03 Å². The van der Waals surface area contributed by atoms with Crippen LogP contribution in [0.15, 0.2) is 23.4 Å². The second-order valence-corrected chi connectivity index (χ2v) is 5.64. The van der Waals surface area contributed by atoms with Crippen molar-refractivity contribution < 1.29 is 18.3 Å². The van der Waals surface area contributed by atoms with Crippen LogP contribution in [0.1, 0.15) is 12.0 Å². The zero-order valence-corrected chi connectivity index (χ0v) is 12.0. The summed E-state index contributed by atoms with van der Waals surface area (Å²) in [6.45, 7) is 0.0243. The van der Waals surface area contributed by atoms with Gasteiger partial charge in [0.1, 0.15) is 4.90 Å². The third-order valence-electron chi connectivity index (χ3n) is 2.21.